The molecule has 1 aromatic carbocycles. The van der Waals surface area contributed by atoms with Gasteiger partial charge in [0.2, 0.25) is 0 Å². The van der Waals surface area contributed by atoms with Crippen LogP contribution in [-0.2, 0) is 23.4 Å². The monoisotopic (exact) mass is 561 g/mol. The van der Waals surface area contributed by atoms with Crippen molar-refractivity contribution in [1.29, 1.82) is 0 Å². The number of carbonyl (C=O) groups is 1. The summed E-state index contributed by atoms with van der Waals surface area (Å²) in [4.78, 5) is 15.1. The maximum Gasteiger partial charge on any atom is 0.459 e. The Morgan fingerprint density at radius 1 is 1.28 bits per heavy atom. The van der Waals surface area contributed by atoms with Crippen molar-refractivity contribution < 1.29 is 40.8 Å². The second-order valence-electron chi connectivity index (χ2n) is 8.35. The Morgan fingerprint density at radius 3 is 2.58 bits per heavy atom. The van der Waals surface area contributed by atoms with Gasteiger partial charge in [-0.15, -0.1) is 0 Å². The number of rotatable bonds is 10. The van der Waals surface area contributed by atoms with Crippen molar-refractivity contribution >= 4 is 38.2 Å². The first-order valence-corrected chi connectivity index (χ1v) is 13.4. The topological polar surface area (TPSA) is 144 Å². The van der Waals surface area contributed by atoms with Crippen LogP contribution >= 0.6 is 32.2 Å². The van der Waals surface area contributed by atoms with Gasteiger partial charge < -0.3 is 29.2 Å². The molecular weight excluding hydrogens is 529 g/mol. The van der Waals surface area contributed by atoms with Gasteiger partial charge in [0.05, 0.1) is 15.4 Å². The third-order valence-electron chi connectivity index (χ3n) is 4.97. The molecule has 36 heavy (non-hydrogen) atoms. The number of hydrogen-bond donors (Lipinski definition) is 4. The fourth-order valence-corrected chi connectivity index (χ4v) is 5.04. The van der Waals surface area contributed by atoms with Gasteiger partial charge in [-0.3, -0.25) is 13.9 Å². The first-order chi connectivity index (χ1) is 17.6. The van der Waals surface area contributed by atoms with Crippen LogP contribution in [0.4, 0.5) is 0 Å². The summed E-state index contributed by atoms with van der Waals surface area (Å²) in [5.41, 5.74) is 0.592. The number of H-pyrrole nitrogens is 1. The molecule has 2 aromatic rings. The molecule has 1 aliphatic heterocycles. The van der Waals surface area contributed by atoms with Crippen molar-refractivity contribution in [3.05, 3.63) is 51.5 Å². The second-order valence-corrected chi connectivity index (χ2v) is 10.8. The molecule has 0 saturated carbocycles. The van der Waals surface area contributed by atoms with E-state index in [1.165, 1.54) is 29.8 Å². The largest absolute Gasteiger partial charge is 0.462 e. The maximum absolute atomic E-state index is 13.8. The second kappa shape index (κ2) is 12.1. The molecule has 0 amide bonds. The van der Waals surface area contributed by atoms with E-state index in [9.17, 15) is 19.6 Å². The van der Waals surface area contributed by atoms with E-state index < -0.39 is 57.0 Å². The van der Waals surface area contributed by atoms with Gasteiger partial charge in [0.15, 0.2) is 11.0 Å². The smallest absolute Gasteiger partial charge is 0.459 e. The van der Waals surface area contributed by atoms with Gasteiger partial charge in [0.1, 0.15) is 34.7 Å². The number of aromatic nitrogens is 2. The number of nitrogens with one attached hydrogen (secondary N) is 2. The summed E-state index contributed by atoms with van der Waals surface area (Å²) in [5, 5.41) is 23.8. The third-order valence-corrected chi connectivity index (χ3v) is 7.21. The van der Waals surface area contributed by atoms with E-state index in [0.717, 1.165) is 0 Å². The SMILES string of the molecule is [2H]C([2H])(O[P@@](=O)(N[C@@H](C)C(=O)OC(C)C)Oc1ccccc1)[C@@H]1O[C@H](n2cc(C)c(=S)[nH]c2=S)[C@H](O)C1O. The molecule has 14 heteroatoms. The Labute approximate surface area is 221 Å². The molecule has 4 N–H and O–H groups in total. The zero-order valence-electron chi connectivity index (χ0n) is 22.0. The van der Waals surface area contributed by atoms with Crippen LogP contribution in [0.5, 0.6) is 5.75 Å². The fraction of sp³-hybridized carbons (Fsp3) is 0.500. The van der Waals surface area contributed by atoms with Gasteiger partial charge in [0, 0.05) is 11.8 Å². The van der Waals surface area contributed by atoms with Crippen LogP contribution in [0.2, 0.25) is 0 Å². The molecule has 3 rings (SSSR count). The number of aliphatic hydroxyl groups excluding tert-OH is 2. The lowest BCUT2D eigenvalue weighted by Gasteiger charge is -2.25. The van der Waals surface area contributed by atoms with Gasteiger partial charge in [-0.05, 0) is 52.0 Å². The van der Waals surface area contributed by atoms with Crippen LogP contribution in [0.3, 0.4) is 0 Å². The fourth-order valence-electron chi connectivity index (χ4n) is 3.20. The molecule has 11 nitrogen and oxygen atoms in total. The molecule has 1 unspecified atom stereocenters. The van der Waals surface area contributed by atoms with Gasteiger partial charge in [-0.25, -0.2) is 4.57 Å². The number of carbonyl (C=O) groups excluding carboxylic acids is 1. The van der Waals surface area contributed by atoms with E-state index in [1.807, 2.05) is 0 Å². The quantitative estimate of drug-likeness (QED) is 0.193. The van der Waals surface area contributed by atoms with Crippen LogP contribution in [0.1, 0.15) is 35.3 Å². The predicted octanol–water partition coefficient (Wildman–Crippen LogP) is 3.34. The van der Waals surface area contributed by atoms with Crippen LogP contribution in [0.15, 0.2) is 36.5 Å². The number of aliphatic hydroxyl groups is 2. The summed E-state index contributed by atoms with van der Waals surface area (Å²) in [7, 11) is -4.68. The number of hydrogen-bond acceptors (Lipinski definition) is 10. The van der Waals surface area contributed by atoms with Crippen LogP contribution < -0.4 is 9.61 Å². The number of esters is 1. The first kappa shape index (κ1) is 25.7. The van der Waals surface area contributed by atoms with Crippen molar-refractivity contribution in [3.63, 3.8) is 0 Å². The molecule has 198 valence electrons. The van der Waals surface area contributed by atoms with Crippen molar-refractivity contribution in [2.45, 2.75) is 64.4 Å². The van der Waals surface area contributed by atoms with Crippen molar-refractivity contribution in [3.8, 4) is 5.75 Å². The minimum absolute atomic E-state index is 0.0516. The number of ether oxygens (including phenoxy) is 2. The van der Waals surface area contributed by atoms with Crippen molar-refractivity contribution in [2.75, 3.05) is 6.56 Å². The minimum atomic E-state index is -4.68. The molecular formula is C22H30N3O8PS2. The Bertz CT molecular complexity index is 1310. The maximum atomic E-state index is 13.8. The zero-order valence-corrected chi connectivity index (χ0v) is 22.5. The summed E-state index contributed by atoms with van der Waals surface area (Å²) in [6, 6.07) is 6.53. The van der Waals surface area contributed by atoms with E-state index in [4.69, 9.17) is 45.7 Å². The molecule has 1 aromatic heterocycles. The van der Waals surface area contributed by atoms with Crippen molar-refractivity contribution in [2.24, 2.45) is 0 Å². The van der Waals surface area contributed by atoms with Gasteiger partial charge in [-0.2, -0.15) is 5.09 Å². The summed E-state index contributed by atoms with van der Waals surface area (Å²) in [6.07, 6.45) is -5.61. The Kier molecular flexibility index (Phi) is 8.60. The number of para-hydroxylation sites is 1. The van der Waals surface area contributed by atoms with Gasteiger partial charge in [-0.1, -0.05) is 30.4 Å². The lowest BCUT2D eigenvalue weighted by atomic mass is 10.1. The summed E-state index contributed by atoms with van der Waals surface area (Å²) >= 11 is 10.4. The van der Waals surface area contributed by atoms with Gasteiger partial charge >= 0.3 is 13.7 Å². The van der Waals surface area contributed by atoms with Crippen LogP contribution in [0.25, 0.3) is 0 Å². The van der Waals surface area contributed by atoms with E-state index in [2.05, 4.69) is 10.1 Å². The normalized spacial score (nSPS) is 25.5. The highest BCUT2D eigenvalue weighted by Crippen LogP contribution is 2.46. The van der Waals surface area contributed by atoms with Crippen LogP contribution in [-0.4, -0.2) is 62.8 Å². The number of aryl methyl sites for hydroxylation is 1. The molecule has 0 spiro atoms. The van der Waals surface area contributed by atoms with Crippen molar-refractivity contribution in [1.82, 2.24) is 14.6 Å². The lowest BCUT2D eigenvalue weighted by Crippen LogP contribution is -2.38. The molecule has 2 heterocycles. The molecule has 1 fully saturated rings. The Morgan fingerprint density at radius 2 is 1.94 bits per heavy atom. The van der Waals surface area contributed by atoms with E-state index in [0.29, 0.717) is 10.2 Å². The number of benzene rings is 1. The first-order valence-electron chi connectivity index (χ1n) is 12.0. The molecule has 0 bridgehead atoms. The van der Waals surface area contributed by atoms with Gasteiger partial charge in [0.25, 0.3) is 0 Å². The summed E-state index contributed by atoms with van der Waals surface area (Å²) in [6.45, 7) is 3.29. The lowest BCUT2D eigenvalue weighted by molar-refractivity contribution is -0.149. The van der Waals surface area contributed by atoms with E-state index in [-0.39, 0.29) is 10.5 Å². The molecule has 0 aliphatic carbocycles. The average Bonchev–Trinajstić information content (AvgIpc) is 3.11. The molecule has 0 radical (unpaired) electrons. The predicted molar refractivity (Wildman–Crippen MR) is 136 cm³/mol. The molecule has 1 saturated heterocycles. The Hall–Kier alpha value is -1.96. The third kappa shape index (κ3) is 7.08. The zero-order chi connectivity index (χ0) is 28.4. The number of nitrogens with zero attached hydrogens (tertiary/aromatic N) is 1. The highest BCUT2D eigenvalue weighted by atomic mass is 32.1. The molecule has 1 aliphatic rings. The summed E-state index contributed by atoms with van der Waals surface area (Å²) in [5.74, 6) is -0.726. The minimum Gasteiger partial charge on any atom is -0.462 e. The van der Waals surface area contributed by atoms with E-state index in [1.54, 1.807) is 39.0 Å². The average molecular weight is 562 g/mol. The van der Waals surface area contributed by atoms with E-state index >= 15 is 0 Å². The van der Waals surface area contributed by atoms with Crippen LogP contribution in [0, 0.1) is 16.3 Å². The highest BCUT2D eigenvalue weighted by Gasteiger charge is 2.45. The number of aromatic amines is 1. The highest BCUT2D eigenvalue weighted by molar-refractivity contribution is 7.72. The molecule has 6 atom stereocenters. The Balaban J connectivity index is 1.90. The summed E-state index contributed by atoms with van der Waals surface area (Å²) < 4.78 is 54.1. The standard InChI is InChI=1S/C22H30N3O8PS2/c1-12(2)31-21(28)14(4)24-34(29,33-15-8-6-5-7-9-15)30-11-16-17(26)18(27)20(32-16)25-10-13(3)19(35)23-22(25)36/h5-10,12,14,16-18,20,26-27H,11H2,1-4H3,(H,24,29)(H,23,35,36)/t14-,16-,17?,18+,20-,34-/m0/s1/i11D2.